The molecule has 2 heterocycles. The molecule has 2 saturated heterocycles. The van der Waals surface area contributed by atoms with Crippen molar-refractivity contribution in [3.63, 3.8) is 0 Å². The lowest BCUT2D eigenvalue weighted by atomic mass is 9.74. The first-order valence-electron chi connectivity index (χ1n) is 7.45. The lowest BCUT2D eigenvalue weighted by molar-refractivity contribution is -0.146. The first kappa shape index (κ1) is 12.4. The fraction of sp³-hybridized carbons (Fsp3) is 0.929. The van der Waals surface area contributed by atoms with Gasteiger partial charge in [-0.05, 0) is 38.0 Å². The maximum atomic E-state index is 11.8. The van der Waals surface area contributed by atoms with Crippen LogP contribution in [0.3, 0.4) is 0 Å². The summed E-state index contributed by atoms with van der Waals surface area (Å²) in [4.78, 5) is 11.8. The average Bonchev–Trinajstić information content (AvgIpc) is 2.76. The van der Waals surface area contributed by atoms with Crippen LogP contribution >= 0.6 is 0 Å². The normalized spacial score (nSPS) is 43.1. The monoisotopic (exact) mass is 252 g/mol. The molecule has 4 nitrogen and oxygen atoms in total. The van der Waals surface area contributed by atoms with Gasteiger partial charge in [0.15, 0.2) is 0 Å². The topological polar surface area (TPSA) is 50.4 Å². The van der Waals surface area contributed by atoms with Crippen LogP contribution in [-0.4, -0.2) is 37.2 Å². The zero-order valence-corrected chi connectivity index (χ0v) is 11.2. The highest BCUT2D eigenvalue weighted by Crippen LogP contribution is 2.41. The third kappa shape index (κ3) is 2.16. The summed E-state index contributed by atoms with van der Waals surface area (Å²) in [5.41, 5.74) is 0. The number of carbonyl (C=O) groups is 1. The number of hydrogen-bond acceptors (Lipinski definition) is 4. The zero-order valence-electron chi connectivity index (χ0n) is 11.2. The number of carbonyl (C=O) groups excluding carboxylic acids is 1. The molecule has 3 aliphatic rings. The lowest BCUT2D eigenvalue weighted by Crippen LogP contribution is -2.53. The van der Waals surface area contributed by atoms with E-state index in [-0.39, 0.29) is 12.0 Å². The molecule has 0 amide bonds. The van der Waals surface area contributed by atoms with Crippen molar-refractivity contribution < 1.29 is 9.53 Å². The number of esters is 1. The molecule has 1 saturated carbocycles. The van der Waals surface area contributed by atoms with Gasteiger partial charge in [0.1, 0.15) is 6.04 Å². The molecule has 1 aliphatic carbocycles. The van der Waals surface area contributed by atoms with Gasteiger partial charge < -0.3 is 15.4 Å². The third-order valence-corrected chi connectivity index (χ3v) is 4.98. The number of ether oxygens (including phenoxy) is 1. The number of hydrogen-bond donors (Lipinski definition) is 2. The minimum absolute atomic E-state index is 0.0600. The van der Waals surface area contributed by atoms with E-state index in [0.717, 1.165) is 18.9 Å². The summed E-state index contributed by atoms with van der Waals surface area (Å²) in [6, 6.07) is 1.20. The maximum absolute atomic E-state index is 11.8. The van der Waals surface area contributed by atoms with Gasteiger partial charge in [-0.15, -0.1) is 0 Å². The minimum atomic E-state index is -0.0753. The van der Waals surface area contributed by atoms with Crippen LogP contribution in [-0.2, 0) is 9.53 Å². The predicted octanol–water partition coefficient (Wildman–Crippen LogP) is 1.06. The molecule has 4 heteroatoms. The van der Waals surface area contributed by atoms with Crippen molar-refractivity contribution in [3.8, 4) is 0 Å². The van der Waals surface area contributed by atoms with Gasteiger partial charge in [0, 0.05) is 18.6 Å². The molecule has 2 N–H and O–H groups in total. The Morgan fingerprint density at radius 3 is 2.89 bits per heavy atom. The fourth-order valence-electron chi connectivity index (χ4n) is 4.17. The molecule has 0 radical (unpaired) electrons. The van der Waals surface area contributed by atoms with E-state index in [4.69, 9.17) is 4.74 Å². The Labute approximate surface area is 109 Å². The van der Waals surface area contributed by atoms with E-state index in [1.54, 1.807) is 0 Å². The molecular formula is C14H24N2O2. The van der Waals surface area contributed by atoms with Crippen molar-refractivity contribution in [1.82, 2.24) is 10.6 Å². The molecule has 3 rings (SSSR count). The number of nitrogens with one attached hydrogen (secondary N) is 2. The summed E-state index contributed by atoms with van der Waals surface area (Å²) < 4.78 is 5.14. The molecule has 102 valence electrons. The van der Waals surface area contributed by atoms with Gasteiger partial charge in [0.05, 0.1) is 6.61 Å². The summed E-state index contributed by atoms with van der Waals surface area (Å²) in [5.74, 6) is 1.41. The highest BCUT2D eigenvalue weighted by molar-refractivity contribution is 5.76. The van der Waals surface area contributed by atoms with Crippen LogP contribution in [0, 0.1) is 11.8 Å². The highest BCUT2D eigenvalue weighted by atomic mass is 16.5. The van der Waals surface area contributed by atoms with Crippen molar-refractivity contribution in [2.75, 3.05) is 13.2 Å². The Hall–Kier alpha value is -0.610. The summed E-state index contributed by atoms with van der Waals surface area (Å²) >= 11 is 0. The number of rotatable bonds is 2. The Morgan fingerprint density at radius 1 is 1.22 bits per heavy atom. The lowest BCUT2D eigenvalue weighted by Gasteiger charge is -2.34. The van der Waals surface area contributed by atoms with Crippen molar-refractivity contribution in [2.24, 2.45) is 11.8 Å². The zero-order chi connectivity index (χ0) is 12.5. The van der Waals surface area contributed by atoms with Gasteiger partial charge in [-0.3, -0.25) is 4.79 Å². The second-order valence-electron chi connectivity index (χ2n) is 5.94. The molecule has 2 aliphatic heterocycles. The second kappa shape index (κ2) is 5.17. The standard InChI is InChI=1S/C14H24N2O2/c1-2-18-14(17)12-7-10-9-5-3-4-6-11(9)16-13(10)8-15-12/h9-13,15-16H,2-8H2,1H3. The molecular weight excluding hydrogens is 228 g/mol. The van der Waals surface area contributed by atoms with Gasteiger partial charge >= 0.3 is 5.97 Å². The first-order valence-corrected chi connectivity index (χ1v) is 7.45. The summed E-state index contributed by atoms with van der Waals surface area (Å²) in [5, 5.41) is 7.12. The Bertz CT molecular complexity index is 321. The fourth-order valence-corrected chi connectivity index (χ4v) is 4.17. The Balaban J connectivity index is 1.65. The quantitative estimate of drug-likeness (QED) is 0.722. The van der Waals surface area contributed by atoms with Crippen LogP contribution in [0.4, 0.5) is 0 Å². The van der Waals surface area contributed by atoms with E-state index in [9.17, 15) is 4.79 Å². The maximum Gasteiger partial charge on any atom is 0.323 e. The van der Waals surface area contributed by atoms with E-state index >= 15 is 0 Å². The summed E-state index contributed by atoms with van der Waals surface area (Å²) in [6.45, 7) is 3.27. The van der Waals surface area contributed by atoms with Gasteiger partial charge in [-0.25, -0.2) is 0 Å². The minimum Gasteiger partial charge on any atom is -0.465 e. The molecule has 3 fully saturated rings. The smallest absolute Gasteiger partial charge is 0.323 e. The third-order valence-electron chi connectivity index (χ3n) is 4.98. The highest BCUT2D eigenvalue weighted by Gasteiger charge is 2.47. The molecule has 5 unspecified atom stereocenters. The first-order chi connectivity index (χ1) is 8.79. The van der Waals surface area contributed by atoms with Gasteiger partial charge in [-0.1, -0.05) is 12.8 Å². The summed E-state index contributed by atoms with van der Waals surface area (Å²) in [6.07, 6.45) is 6.35. The van der Waals surface area contributed by atoms with E-state index < -0.39 is 0 Å². The average molecular weight is 252 g/mol. The summed E-state index contributed by atoms with van der Waals surface area (Å²) in [7, 11) is 0. The Morgan fingerprint density at radius 2 is 2.06 bits per heavy atom. The molecule has 0 bridgehead atoms. The van der Waals surface area contributed by atoms with E-state index in [1.807, 2.05) is 6.92 Å². The van der Waals surface area contributed by atoms with Crippen LogP contribution < -0.4 is 10.6 Å². The second-order valence-corrected chi connectivity index (χ2v) is 5.94. The van der Waals surface area contributed by atoms with Gasteiger partial charge in [0.25, 0.3) is 0 Å². The van der Waals surface area contributed by atoms with Crippen molar-refractivity contribution in [3.05, 3.63) is 0 Å². The molecule has 0 aromatic carbocycles. The molecule has 18 heavy (non-hydrogen) atoms. The van der Waals surface area contributed by atoms with Crippen LogP contribution in [0.25, 0.3) is 0 Å². The van der Waals surface area contributed by atoms with Crippen molar-refractivity contribution >= 4 is 5.97 Å². The molecule has 0 spiro atoms. The molecule has 0 aromatic rings. The van der Waals surface area contributed by atoms with E-state index in [2.05, 4.69) is 10.6 Å². The van der Waals surface area contributed by atoms with Crippen LogP contribution in [0.15, 0.2) is 0 Å². The van der Waals surface area contributed by atoms with Crippen LogP contribution in [0.5, 0.6) is 0 Å². The van der Waals surface area contributed by atoms with Gasteiger partial charge in [0.2, 0.25) is 0 Å². The number of fused-ring (bicyclic) bond motifs is 3. The van der Waals surface area contributed by atoms with Crippen LogP contribution in [0.1, 0.15) is 39.0 Å². The van der Waals surface area contributed by atoms with Gasteiger partial charge in [-0.2, -0.15) is 0 Å². The largest absolute Gasteiger partial charge is 0.465 e. The number of piperidine rings is 1. The van der Waals surface area contributed by atoms with Crippen molar-refractivity contribution in [1.29, 1.82) is 0 Å². The SMILES string of the molecule is CCOC(=O)C1CC2C(CN1)NC1CCCCC12. The Kier molecular flexibility index (Phi) is 3.57. The van der Waals surface area contributed by atoms with Crippen molar-refractivity contribution in [2.45, 2.75) is 57.2 Å². The van der Waals surface area contributed by atoms with E-state index in [1.165, 1.54) is 25.7 Å². The van der Waals surface area contributed by atoms with Crippen LogP contribution in [0.2, 0.25) is 0 Å². The van der Waals surface area contributed by atoms with E-state index in [0.29, 0.717) is 24.6 Å². The predicted molar refractivity (Wildman–Crippen MR) is 69.2 cm³/mol. The molecule has 0 aromatic heterocycles. The molecule has 5 atom stereocenters.